The molecule has 0 amide bonds. The third-order valence-corrected chi connectivity index (χ3v) is 3.94. The van der Waals surface area contributed by atoms with Crippen molar-refractivity contribution in [3.05, 3.63) is 44.2 Å². The van der Waals surface area contributed by atoms with E-state index in [1.54, 1.807) is 0 Å². The molecule has 1 unspecified atom stereocenters. The predicted molar refractivity (Wildman–Crippen MR) is 79.5 cm³/mol. The normalized spacial score (nSPS) is 14.2. The summed E-state index contributed by atoms with van der Waals surface area (Å²) in [6.07, 6.45) is -5.22. The maximum atomic E-state index is 13.0. The SMILES string of the molecule is CC(OS(C)(=O)=O)c1cc(C(F)(F)F)cc2c(=O)cc(Br)oc12. The molecule has 0 aliphatic rings. The first-order valence-electron chi connectivity index (χ1n) is 6.11. The lowest BCUT2D eigenvalue weighted by Gasteiger charge is -2.16. The predicted octanol–water partition coefficient (Wildman–Crippen LogP) is 3.61. The van der Waals surface area contributed by atoms with E-state index in [-0.39, 0.29) is 21.2 Å². The Morgan fingerprint density at radius 3 is 2.39 bits per heavy atom. The molecule has 0 saturated heterocycles. The Balaban J connectivity index is 2.82. The zero-order chi connectivity index (χ0) is 17.6. The summed E-state index contributed by atoms with van der Waals surface area (Å²) in [5.41, 5.74) is -2.16. The Bertz CT molecular complexity index is 918. The fourth-order valence-corrected chi connectivity index (χ4v) is 3.03. The third kappa shape index (κ3) is 4.12. The number of hydrogen-bond acceptors (Lipinski definition) is 5. The average Bonchev–Trinajstić information content (AvgIpc) is 2.34. The van der Waals surface area contributed by atoms with Crippen molar-refractivity contribution in [3.63, 3.8) is 0 Å². The minimum Gasteiger partial charge on any atom is -0.449 e. The summed E-state index contributed by atoms with van der Waals surface area (Å²) in [5.74, 6) is 0. The van der Waals surface area contributed by atoms with Crippen LogP contribution in [0.3, 0.4) is 0 Å². The fourth-order valence-electron chi connectivity index (χ4n) is 2.04. The number of benzene rings is 1. The van der Waals surface area contributed by atoms with Gasteiger partial charge in [-0.15, -0.1) is 0 Å². The lowest BCUT2D eigenvalue weighted by Crippen LogP contribution is -2.13. The highest BCUT2D eigenvalue weighted by atomic mass is 79.9. The third-order valence-electron chi connectivity index (χ3n) is 2.91. The summed E-state index contributed by atoms with van der Waals surface area (Å²) >= 11 is 2.94. The summed E-state index contributed by atoms with van der Waals surface area (Å²) in [4.78, 5) is 11.9. The van der Waals surface area contributed by atoms with Crippen molar-refractivity contribution in [2.75, 3.05) is 6.26 Å². The summed E-state index contributed by atoms with van der Waals surface area (Å²) < 4.78 is 71.4. The van der Waals surface area contributed by atoms with E-state index in [0.717, 1.165) is 12.3 Å². The van der Waals surface area contributed by atoms with Crippen molar-refractivity contribution in [2.45, 2.75) is 19.2 Å². The second kappa shape index (κ2) is 5.91. The summed E-state index contributed by atoms with van der Waals surface area (Å²) in [5, 5.41) is -0.318. The van der Waals surface area contributed by atoms with Gasteiger partial charge in [0.15, 0.2) is 10.1 Å². The van der Waals surface area contributed by atoms with Gasteiger partial charge in [-0.2, -0.15) is 21.6 Å². The molecule has 0 aliphatic carbocycles. The van der Waals surface area contributed by atoms with Crippen molar-refractivity contribution in [1.29, 1.82) is 0 Å². The van der Waals surface area contributed by atoms with Gasteiger partial charge in [-0.25, -0.2) is 0 Å². The molecule has 1 aromatic heterocycles. The number of rotatable bonds is 3. The van der Waals surface area contributed by atoms with E-state index in [0.29, 0.717) is 12.1 Å². The van der Waals surface area contributed by atoms with E-state index >= 15 is 0 Å². The Morgan fingerprint density at radius 2 is 1.87 bits per heavy atom. The van der Waals surface area contributed by atoms with Crippen LogP contribution >= 0.6 is 15.9 Å². The van der Waals surface area contributed by atoms with Crippen LogP contribution in [-0.2, 0) is 20.5 Å². The van der Waals surface area contributed by atoms with Crippen LogP contribution in [-0.4, -0.2) is 14.7 Å². The van der Waals surface area contributed by atoms with Crippen molar-refractivity contribution < 1.29 is 30.2 Å². The Hall–Kier alpha value is -1.39. The maximum Gasteiger partial charge on any atom is 0.416 e. The van der Waals surface area contributed by atoms with Crippen LogP contribution in [0.15, 0.2) is 32.1 Å². The van der Waals surface area contributed by atoms with E-state index < -0.39 is 33.4 Å². The quantitative estimate of drug-likeness (QED) is 0.717. The van der Waals surface area contributed by atoms with Gasteiger partial charge in [0.1, 0.15) is 11.7 Å². The first-order chi connectivity index (χ1) is 10.4. The molecule has 0 spiro atoms. The Labute approximate surface area is 137 Å². The first-order valence-corrected chi connectivity index (χ1v) is 8.72. The van der Waals surface area contributed by atoms with Crippen molar-refractivity contribution in [1.82, 2.24) is 0 Å². The highest BCUT2D eigenvalue weighted by Gasteiger charge is 2.33. The van der Waals surface area contributed by atoms with E-state index in [2.05, 4.69) is 15.9 Å². The van der Waals surface area contributed by atoms with E-state index in [1.165, 1.54) is 6.92 Å². The molecule has 5 nitrogen and oxygen atoms in total. The van der Waals surface area contributed by atoms with Crippen molar-refractivity contribution >= 4 is 37.0 Å². The highest BCUT2D eigenvalue weighted by Crippen LogP contribution is 2.36. The van der Waals surface area contributed by atoms with Crippen LogP contribution in [0.5, 0.6) is 0 Å². The lowest BCUT2D eigenvalue weighted by molar-refractivity contribution is -0.137. The van der Waals surface area contributed by atoms with Gasteiger partial charge in [0.25, 0.3) is 10.1 Å². The van der Waals surface area contributed by atoms with Gasteiger partial charge in [-0.05, 0) is 35.0 Å². The molecule has 126 valence electrons. The molecular weight excluding hydrogens is 405 g/mol. The second-order valence-corrected chi connectivity index (χ2v) is 7.18. The Kier molecular flexibility index (Phi) is 4.62. The zero-order valence-corrected chi connectivity index (χ0v) is 14.2. The Morgan fingerprint density at radius 1 is 1.26 bits per heavy atom. The fraction of sp³-hybridized carbons (Fsp3) is 0.308. The number of fused-ring (bicyclic) bond motifs is 1. The zero-order valence-electron chi connectivity index (χ0n) is 11.8. The largest absolute Gasteiger partial charge is 0.449 e. The topological polar surface area (TPSA) is 73.6 Å². The smallest absolute Gasteiger partial charge is 0.416 e. The van der Waals surface area contributed by atoms with Crippen LogP contribution in [0.2, 0.25) is 0 Å². The molecule has 10 heteroatoms. The van der Waals surface area contributed by atoms with Crippen LogP contribution in [0.1, 0.15) is 24.2 Å². The number of halogens is 4. The van der Waals surface area contributed by atoms with Gasteiger partial charge in [0.2, 0.25) is 0 Å². The molecule has 0 saturated carbocycles. The maximum absolute atomic E-state index is 13.0. The van der Waals surface area contributed by atoms with Crippen LogP contribution < -0.4 is 5.43 Å². The lowest BCUT2D eigenvalue weighted by atomic mass is 10.0. The summed E-state index contributed by atoms with van der Waals surface area (Å²) in [6.45, 7) is 1.25. The number of hydrogen-bond donors (Lipinski definition) is 0. The molecule has 0 aliphatic heterocycles. The standard InChI is InChI=1S/C13H10BrF3O5S/c1-6(22-23(2,19)20)8-3-7(13(15,16)17)4-9-10(18)5-11(14)21-12(8)9/h3-6H,1-2H3. The summed E-state index contributed by atoms with van der Waals surface area (Å²) in [6, 6.07) is 2.34. The monoisotopic (exact) mass is 414 g/mol. The molecule has 1 aromatic carbocycles. The minimum atomic E-state index is -4.72. The van der Waals surface area contributed by atoms with Gasteiger partial charge < -0.3 is 4.42 Å². The van der Waals surface area contributed by atoms with E-state index in [9.17, 15) is 26.4 Å². The number of alkyl halides is 3. The van der Waals surface area contributed by atoms with E-state index in [4.69, 9.17) is 8.60 Å². The molecule has 2 aromatic rings. The molecule has 1 atom stereocenters. The molecule has 0 bridgehead atoms. The minimum absolute atomic E-state index is 0.00237. The molecule has 0 N–H and O–H groups in total. The average molecular weight is 415 g/mol. The second-order valence-electron chi connectivity index (χ2n) is 4.80. The van der Waals surface area contributed by atoms with Gasteiger partial charge in [0.05, 0.1) is 17.2 Å². The molecule has 2 rings (SSSR count). The molecule has 0 fully saturated rings. The highest BCUT2D eigenvalue weighted by molar-refractivity contribution is 9.10. The molecule has 1 heterocycles. The van der Waals surface area contributed by atoms with Gasteiger partial charge in [-0.3, -0.25) is 8.98 Å². The molecule has 0 radical (unpaired) electrons. The van der Waals surface area contributed by atoms with Gasteiger partial charge >= 0.3 is 6.18 Å². The van der Waals surface area contributed by atoms with Crippen molar-refractivity contribution in [2.24, 2.45) is 0 Å². The van der Waals surface area contributed by atoms with Crippen LogP contribution in [0.4, 0.5) is 13.2 Å². The van der Waals surface area contributed by atoms with Gasteiger partial charge in [0, 0.05) is 11.6 Å². The van der Waals surface area contributed by atoms with E-state index in [1.807, 2.05) is 0 Å². The van der Waals surface area contributed by atoms with Crippen LogP contribution in [0, 0.1) is 0 Å². The van der Waals surface area contributed by atoms with Crippen LogP contribution in [0.25, 0.3) is 11.0 Å². The molecular formula is C13H10BrF3O5S. The van der Waals surface area contributed by atoms with Gasteiger partial charge in [-0.1, -0.05) is 0 Å². The first kappa shape index (κ1) is 18.0. The molecule has 23 heavy (non-hydrogen) atoms. The van der Waals surface area contributed by atoms with Crippen molar-refractivity contribution in [3.8, 4) is 0 Å². The summed E-state index contributed by atoms with van der Waals surface area (Å²) in [7, 11) is -3.92.